The molecule has 1 amide bonds. The van der Waals surface area contributed by atoms with Gasteiger partial charge in [0.05, 0.1) is 6.54 Å². The zero-order chi connectivity index (χ0) is 25.5. The van der Waals surface area contributed by atoms with Crippen molar-refractivity contribution < 1.29 is 14.7 Å². The number of carbonyl (C=O) groups excluding carboxylic acids is 1. The molecule has 5 nitrogen and oxygen atoms in total. The van der Waals surface area contributed by atoms with Crippen LogP contribution in [0.3, 0.4) is 0 Å². The number of hydrogen-bond acceptors (Lipinski definition) is 4. The largest absolute Gasteiger partial charge is 0.478 e. The van der Waals surface area contributed by atoms with Gasteiger partial charge >= 0.3 is 5.97 Å². The molecule has 1 saturated heterocycles. The van der Waals surface area contributed by atoms with Gasteiger partial charge in [-0.25, -0.2) is 4.79 Å². The Balaban J connectivity index is 1.58. The van der Waals surface area contributed by atoms with Crippen molar-refractivity contribution in [3.05, 3.63) is 90.0 Å². The van der Waals surface area contributed by atoms with E-state index >= 15 is 0 Å². The number of rotatable bonds is 8. The molecule has 1 heterocycles. The van der Waals surface area contributed by atoms with E-state index in [0.717, 1.165) is 64.1 Å². The van der Waals surface area contributed by atoms with Gasteiger partial charge in [-0.2, -0.15) is 11.8 Å². The van der Waals surface area contributed by atoms with Crippen LogP contribution in [-0.4, -0.2) is 42.6 Å². The number of amides is 1. The molecule has 4 rings (SSSR count). The SMILES string of the molecule is CN(C)c1ccc(-c2ccc(CN(C(=O)C3CCSCC3)c3cccc(C=CC(=O)O)c3)cc2)cc1. The number of benzene rings is 3. The number of carboxylic acids is 1. The van der Waals surface area contributed by atoms with Crippen LogP contribution >= 0.6 is 11.8 Å². The average molecular weight is 501 g/mol. The predicted molar refractivity (Wildman–Crippen MR) is 151 cm³/mol. The van der Waals surface area contributed by atoms with Gasteiger partial charge in [-0.05, 0) is 76.9 Å². The van der Waals surface area contributed by atoms with Crippen LogP contribution in [-0.2, 0) is 16.1 Å². The number of carbonyl (C=O) groups is 2. The Hall–Kier alpha value is -3.51. The van der Waals surface area contributed by atoms with E-state index in [4.69, 9.17) is 5.11 Å². The summed E-state index contributed by atoms with van der Waals surface area (Å²) in [6.07, 6.45) is 4.45. The number of thioether (sulfide) groups is 1. The first kappa shape index (κ1) is 25.6. The zero-order valence-corrected chi connectivity index (χ0v) is 21.6. The molecule has 3 aromatic carbocycles. The molecule has 36 heavy (non-hydrogen) atoms. The second-order valence-corrected chi connectivity index (χ2v) is 10.4. The monoisotopic (exact) mass is 500 g/mol. The Labute approximate surface area is 217 Å². The van der Waals surface area contributed by atoms with Crippen molar-refractivity contribution in [1.29, 1.82) is 0 Å². The molecule has 0 radical (unpaired) electrons. The maximum Gasteiger partial charge on any atom is 0.328 e. The Bertz CT molecular complexity index is 1210. The normalized spacial score (nSPS) is 14.1. The van der Waals surface area contributed by atoms with Gasteiger partial charge in [0.2, 0.25) is 5.91 Å². The zero-order valence-electron chi connectivity index (χ0n) is 20.8. The van der Waals surface area contributed by atoms with Gasteiger partial charge in [0.15, 0.2) is 0 Å². The van der Waals surface area contributed by atoms with E-state index in [1.807, 2.05) is 55.0 Å². The summed E-state index contributed by atoms with van der Waals surface area (Å²) < 4.78 is 0. The fourth-order valence-corrected chi connectivity index (χ4v) is 5.47. The van der Waals surface area contributed by atoms with Gasteiger partial charge in [-0.1, -0.05) is 48.5 Å². The summed E-state index contributed by atoms with van der Waals surface area (Å²) in [6.45, 7) is 0.467. The molecule has 0 aromatic heterocycles. The topological polar surface area (TPSA) is 60.9 Å². The second-order valence-electron chi connectivity index (χ2n) is 9.22. The van der Waals surface area contributed by atoms with Crippen molar-refractivity contribution in [3.63, 3.8) is 0 Å². The van der Waals surface area contributed by atoms with Gasteiger partial charge in [0, 0.05) is 37.5 Å². The Morgan fingerprint density at radius 2 is 1.56 bits per heavy atom. The van der Waals surface area contributed by atoms with E-state index in [1.54, 1.807) is 6.08 Å². The van der Waals surface area contributed by atoms with Crippen LogP contribution < -0.4 is 9.80 Å². The third kappa shape index (κ3) is 6.58. The fraction of sp³-hybridized carbons (Fsp3) is 0.267. The summed E-state index contributed by atoms with van der Waals surface area (Å²) in [5, 5.41) is 8.99. The first-order valence-corrected chi connectivity index (χ1v) is 13.3. The molecule has 1 aliphatic heterocycles. The van der Waals surface area contributed by atoms with E-state index in [1.165, 1.54) is 0 Å². The molecule has 6 heteroatoms. The summed E-state index contributed by atoms with van der Waals surface area (Å²) in [5.74, 6) is 1.17. The molecule has 186 valence electrons. The second kappa shape index (κ2) is 12.0. The maximum atomic E-state index is 13.7. The molecule has 0 saturated carbocycles. The third-order valence-electron chi connectivity index (χ3n) is 6.45. The summed E-state index contributed by atoms with van der Waals surface area (Å²) >= 11 is 1.90. The van der Waals surface area contributed by atoms with Gasteiger partial charge in [-0.15, -0.1) is 0 Å². The predicted octanol–water partition coefficient (Wildman–Crippen LogP) is 6.19. The Morgan fingerprint density at radius 1 is 0.917 bits per heavy atom. The molecule has 1 aliphatic rings. The highest BCUT2D eigenvalue weighted by Gasteiger charge is 2.27. The fourth-order valence-electron chi connectivity index (χ4n) is 4.36. The van der Waals surface area contributed by atoms with Crippen LogP contribution in [0.2, 0.25) is 0 Å². The van der Waals surface area contributed by atoms with Gasteiger partial charge < -0.3 is 14.9 Å². The van der Waals surface area contributed by atoms with Crippen molar-refractivity contribution in [3.8, 4) is 11.1 Å². The first-order chi connectivity index (χ1) is 17.4. The van der Waals surface area contributed by atoms with Crippen molar-refractivity contribution in [1.82, 2.24) is 0 Å². The molecular weight excluding hydrogens is 468 g/mol. The number of carboxylic acid groups (broad SMARTS) is 1. The standard InChI is InChI=1S/C30H32N2O3S/c1-31(2)27-13-11-25(12-14-27)24-9-6-23(7-10-24)21-32(30(35)26-16-18-36-19-17-26)28-5-3-4-22(20-28)8-15-29(33)34/h3-15,20,26H,16-19,21H2,1-2H3,(H,33,34). The molecule has 0 bridgehead atoms. The molecule has 0 unspecified atom stereocenters. The quantitative estimate of drug-likeness (QED) is 0.374. The molecule has 1 N–H and O–H groups in total. The van der Waals surface area contributed by atoms with Crippen LogP contribution in [0.4, 0.5) is 11.4 Å². The van der Waals surface area contributed by atoms with E-state index < -0.39 is 5.97 Å². The van der Waals surface area contributed by atoms with Crippen LogP contribution in [0.25, 0.3) is 17.2 Å². The lowest BCUT2D eigenvalue weighted by Crippen LogP contribution is -2.37. The van der Waals surface area contributed by atoms with Crippen LogP contribution in [0.15, 0.2) is 78.9 Å². The average Bonchev–Trinajstić information content (AvgIpc) is 2.91. The minimum atomic E-state index is -0.996. The molecule has 0 aliphatic carbocycles. The van der Waals surface area contributed by atoms with Crippen LogP contribution in [0.5, 0.6) is 0 Å². The lowest BCUT2D eigenvalue weighted by Gasteiger charge is -2.30. The first-order valence-electron chi connectivity index (χ1n) is 12.2. The lowest BCUT2D eigenvalue weighted by atomic mass is 9.99. The highest BCUT2D eigenvalue weighted by atomic mass is 32.2. The summed E-state index contributed by atoms with van der Waals surface area (Å²) in [7, 11) is 4.06. The third-order valence-corrected chi connectivity index (χ3v) is 7.50. The lowest BCUT2D eigenvalue weighted by molar-refractivity contribution is -0.131. The van der Waals surface area contributed by atoms with E-state index in [-0.39, 0.29) is 11.8 Å². The summed E-state index contributed by atoms with van der Waals surface area (Å²) in [6, 6.07) is 24.4. The van der Waals surface area contributed by atoms with Gasteiger partial charge in [0.25, 0.3) is 0 Å². The highest BCUT2D eigenvalue weighted by Crippen LogP contribution is 2.29. The van der Waals surface area contributed by atoms with Crippen molar-refractivity contribution in [2.75, 3.05) is 35.4 Å². The number of hydrogen-bond donors (Lipinski definition) is 1. The molecular formula is C30H32N2O3S. The molecule has 0 spiro atoms. The van der Waals surface area contributed by atoms with Crippen molar-refractivity contribution >= 4 is 41.1 Å². The van der Waals surface area contributed by atoms with E-state index in [2.05, 4.69) is 53.4 Å². The Kier molecular flexibility index (Phi) is 8.49. The minimum absolute atomic E-state index is 0.0129. The number of nitrogens with zero attached hydrogens (tertiary/aromatic N) is 2. The highest BCUT2D eigenvalue weighted by molar-refractivity contribution is 7.99. The smallest absolute Gasteiger partial charge is 0.328 e. The minimum Gasteiger partial charge on any atom is -0.478 e. The molecule has 3 aromatic rings. The molecule has 1 fully saturated rings. The maximum absolute atomic E-state index is 13.7. The van der Waals surface area contributed by atoms with Crippen molar-refractivity contribution in [2.45, 2.75) is 19.4 Å². The van der Waals surface area contributed by atoms with Gasteiger partial charge in [0.1, 0.15) is 0 Å². The summed E-state index contributed by atoms with van der Waals surface area (Å²) in [5.41, 5.74) is 6.03. The van der Waals surface area contributed by atoms with E-state index in [0.29, 0.717) is 6.54 Å². The number of anilines is 2. The molecule has 0 atom stereocenters. The number of aliphatic carboxylic acids is 1. The van der Waals surface area contributed by atoms with E-state index in [9.17, 15) is 9.59 Å². The van der Waals surface area contributed by atoms with Crippen LogP contribution in [0.1, 0.15) is 24.0 Å². The van der Waals surface area contributed by atoms with Gasteiger partial charge in [-0.3, -0.25) is 4.79 Å². The van der Waals surface area contributed by atoms with Crippen molar-refractivity contribution in [2.24, 2.45) is 5.92 Å². The summed E-state index contributed by atoms with van der Waals surface area (Å²) in [4.78, 5) is 28.6. The Morgan fingerprint density at radius 3 is 2.17 bits per heavy atom. The van der Waals surface area contributed by atoms with Crippen LogP contribution in [0, 0.1) is 5.92 Å².